The molecule has 0 radical (unpaired) electrons. The second-order valence-electron chi connectivity index (χ2n) is 5.11. The molecule has 1 rings (SSSR count). The molecule has 0 heterocycles. The molecule has 1 aliphatic rings. The molecular formula is C10H19NO5S. The van der Waals surface area contributed by atoms with Gasteiger partial charge in [0.05, 0.1) is 5.75 Å². The molecule has 1 amide bonds. The third kappa shape index (κ3) is 5.88. The van der Waals surface area contributed by atoms with E-state index in [4.69, 9.17) is 12.0 Å². The van der Waals surface area contributed by atoms with E-state index in [0.717, 1.165) is 0 Å². The summed E-state index contributed by atoms with van der Waals surface area (Å²) in [7, 11) is -4.46. The van der Waals surface area contributed by atoms with E-state index in [2.05, 4.69) is 5.32 Å². The molecule has 0 aromatic heterocycles. The Morgan fingerprint density at radius 1 is 1.53 bits per heavy atom. The first-order chi connectivity index (χ1) is 8.27. The Morgan fingerprint density at radius 3 is 2.41 bits per heavy atom. The van der Waals surface area contributed by atoms with Gasteiger partial charge in [-0.3, -0.25) is 4.55 Å². The fourth-order valence-corrected chi connectivity index (χ4v) is 1.66. The van der Waals surface area contributed by atoms with Crippen molar-refractivity contribution in [3.63, 3.8) is 0 Å². The molecule has 0 aromatic rings. The van der Waals surface area contributed by atoms with Crippen LogP contribution < -0.4 is 5.32 Å². The first-order valence-electron chi connectivity index (χ1n) is 6.23. The fourth-order valence-electron chi connectivity index (χ4n) is 1.20. The van der Waals surface area contributed by atoms with Gasteiger partial charge in [-0.1, -0.05) is 0 Å². The van der Waals surface area contributed by atoms with Crippen LogP contribution in [0.25, 0.3) is 0 Å². The summed E-state index contributed by atoms with van der Waals surface area (Å²) in [6.07, 6.45) is -2.45. The van der Waals surface area contributed by atoms with Crippen molar-refractivity contribution in [1.29, 1.82) is 0 Å². The Hall–Kier alpha value is -0.820. The molecule has 2 N–H and O–H groups in total. The minimum Gasteiger partial charge on any atom is -0.444 e. The average Bonchev–Trinajstić information content (AvgIpc) is 2.75. The molecular weight excluding hydrogens is 246 g/mol. The van der Waals surface area contributed by atoms with Crippen molar-refractivity contribution >= 4 is 16.2 Å². The predicted molar refractivity (Wildman–Crippen MR) is 62.4 cm³/mol. The summed E-state index contributed by atoms with van der Waals surface area (Å²) in [4.78, 5) is 11.6. The highest BCUT2D eigenvalue weighted by Crippen LogP contribution is 2.39. The van der Waals surface area contributed by atoms with E-state index < -0.39 is 39.5 Å². The zero-order valence-electron chi connectivity index (χ0n) is 12.1. The number of carbonyl (C=O) groups excluding carboxylic acids is 1. The second kappa shape index (κ2) is 4.45. The molecule has 0 atom stereocenters. The quantitative estimate of drug-likeness (QED) is 0.749. The van der Waals surface area contributed by atoms with E-state index in [1.54, 1.807) is 20.8 Å². The van der Waals surface area contributed by atoms with Crippen LogP contribution in [0.2, 0.25) is 0 Å². The lowest BCUT2D eigenvalue weighted by Gasteiger charge is -2.23. The van der Waals surface area contributed by atoms with E-state index >= 15 is 0 Å². The van der Waals surface area contributed by atoms with Gasteiger partial charge in [0.25, 0.3) is 10.1 Å². The molecule has 1 fully saturated rings. The number of ether oxygens (including phenoxy) is 1. The molecule has 0 bridgehead atoms. The van der Waals surface area contributed by atoms with Crippen LogP contribution in [0.4, 0.5) is 4.79 Å². The fraction of sp³-hybridized carbons (Fsp3) is 0.900. The molecule has 7 heteroatoms. The lowest BCUT2D eigenvalue weighted by molar-refractivity contribution is 0.0495. The normalized spacial score (nSPS) is 21.2. The van der Waals surface area contributed by atoms with Crippen LogP contribution in [0.3, 0.4) is 0 Å². The standard InChI is InChI=1S/C10H19NO5S/c1-9(2,3)16-8(12)11-10(4-5-10)6-7-17(13,14)15/h4-7H2,1-3H3,(H,11,12)(H,13,14,15)/i6D2. The summed E-state index contributed by atoms with van der Waals surface area (Å²) < 4.78 is 50.8. The van der Waals surface area contributed by atoms with Gasteiger partial charge < -0.3 is 10.1 Å². The molecule has 0 aliphatic heterocycles. The summed E-state index contributed by atoms with van der Waals surface area (Å²) in [6.45, 7) is 5.00. The number of alkyl carbamates (subject to hydrolysis) is 1. The number of amides is 1. The van der Waals surface area contributed by atoms with Gasteiger partial charge in [-0.15, -0.1) is 0 Å². The van der Waals surface area contributed by atoms with E-state index in [1.165, 1.54) is 0 Å². The van der Waals surface area contributed by atoms with Gasteiger partial charge in [0.2, 0.25) is 0 Å². The average molecular weight is 267 g/mol. The molecule has 1 saturated carbocycles. The van der Waals surface area contributed by atoms with E-state index in [0.29, 0.717) is 12.8 Å². The molecule has 100 valence electrons. The largest absolute Gasteiger partial charge is 0.444 e. The van der Waals surface area contributed by atoms with Crippen LogP contribution >= 0.6 is 0 Å². The van der Waals surface area contributed by atoms with Gasteiger partial charge in [0.15, 0.2) is 0 Å². The number of hydrogen-bond donors (Lipinski definition) is 2. The van der Waals surface area contributed by atoms with Crippen molar-refractivity contribution in [2.75, 3.05) is 5.75 Å². The maximum absolute atomic E-state index is 11.6. The van der Waals surface area contributed by atoms with Crippen LogP contribution in [0.15, 0.2) is 0 Å². The highest BCUT2D eigenvalue weighted by atomic mass is 32.2. The van der Waals surface area contributed by atoms with Crippen LogP contribution in [0.1, 0.15) is 42.7 Å². The topological polar surface area (TPSA) is 92.7 Å². The second-order valence-corrected chi connectivity index (χ2v) is 6.56. The van der Waals surface area contributed by atoms with Gasteiger partial charge in [-0.05, 0) is 40.0 Å². The van der Waals surface area contributed by atoms with Crippen molar-refractivity contribution in [2.24, 2.45) is 0 Å². The molecule has 0 aromatic carbocycles. The Kier molecular flexibility index (Phi) is 2.96. The van der Waals surface area contributed by atoms with Crippen molar-refractivity contribution in [3.05, 3.63) is 0 Å². The van der Waals surface area contributed by atoms with E-state index in [1.807, 2.05) is 0 Å². The number of carbonyl (C=O) groups is 1. The summed E-state index contributed by atoms with van der Waals surface area (Å²) in [5.41, 5.74) is -2.01. The highest BCUT2D eigenvalue weighted by molar-refractivity contribution is 7.85. The summed E-state index contributed by atoms with van der Waals surface area (Å²) in [6, 6.07) is 0. The van der Waals surface area contributed by atoms with Crippen molar-refractivity contribution in [3.8, 4) is 0 Å². The SMILES string of the molecule is [2H]C([2H])(CS(=O)(=O)O)C1(NC(=O)OC(C)(C)C)CC1. The third-order valence-corrected chi connectivity index (χ3v) is 2.59. The zero-order chi connectivity index (χ0) is 15.1. The number of hydrogen-bond acceptors (Lipinski definition) is 4. The van der Waals surface area contributed by atoms with Crippen molar-refractivity contribution in [2.45, 2.75) is 51.1 Å². The first-order valence-corrected chi connectivity index (χ1v) is 6.84. The molecule has 6 nitrogen and oxygen atoms in total. The molecule has 0 saturated heterocycles. The summed E-state index contributed by atoms with van der Waals surface area (Å²) in [5.74, 6) is -1.06. The Labute approximate surface area is 104 Å². The van der Waals surface area contributed by atoms with Crippen LogP contribution in [-0.2, 0) is 14.9 Å². The Morgan fingerprint density at radius 2 is 2.06 bits per heavy atom. The van der Waals surface area contributed by atoms with Gasteiger partial charge in [0, 0.05) is 8.28 Å². The van der Waals surface area contributed by atoms with Crippen molar-refractivity contribution in [1.82, 2.24) is 5.32 Å². The summed E-state index contributed by atoms with van der Waals surface area (Å²) >= 11 is 0. The first kappa shape index (κ1) is 11.3. The maximum atomic E-state index is 11.6. The molecule has 17 heavy (non-hydrogen) atoms. The van der Waals surface area contributed by atoms with Gasteiger partial charge in [-0.2, -0.15) is 8.42 Å². The number of nitrogens with one attached hydrogen (secondary N) is 1. The smallest absolute Gasteiger partial charge is 0.408 e. The van der Waals surface area contributed by atoms with Gasteiger partial charge in [0.1, 0.15) is 5.60 Å². The predicted octanol–water partition coefficient (Wildman–Crippen LogP) is 1.32. The van der Waals surface area contributed by atoms with Crippen LogP contribution in [-0.4, -0.2) is 36.0 Å². The van der Waals surface area contributed by atoms with Crippen molar-refractivity contribution < 1.29 is 25.2 Å². The van der Waals surface area contributed by atoms with E-state index in [9.17, 15) is 13.2 Å². The van der Waals surface area contributed by atoms with Crippen LogP contribution in [0, 0.1) is 0 Å². The monoisotopic (exact) mass is 267 g/mol. The Bertz CT molecular complexity index is 465. The van der Waals surface area contributed by atoms with E-state index in [-0.39, 0.29) is 0 Å². The minimum atomic E-state index is -4.46. The molecule has 0 spiro atoms. The summed E-state index contributed by atoms with van der Waals surface area (Å²) in [5, 5.41) is 2.38. The minimum absolute atomic E-state index is 0.300. The van der Waals surface area contributed by atoms with Crippen LogP contribution in [0.5, 0.6) is 0 Å². The van der Waals surface area contributed by atoms with Gasteiger partial charge in [-0.25, -0.2) is 4.79 Å². The van der Waals surface area contributed by atoms with Gasteiger partial charge >= 0.3 is 6.09 Å². The maximum Gasteiger partial charge on any atom is 0.408 e. The Balaban J connectivity index is 2.74. The zero-order valence-corrected chi connectivity index (χ0v) is 10.9. The number of rotatable bonds is 4. The third-order valence-electron chi connectivity index (χ3n) is 2.08. The lowest BCUT2D eigenvalue weighted by atomic mass is 10.2. The highest BCUT2D eigenvalue weighted by Gasteiger charge is 2.45. The lowest BCUT2D eigenvalue weighted by Crippen LogP contribution is -2.41. The molecule has 0 unspecified atom stereocenters. The molecule has 1 aliphatic carbocycles.